The molecule has 1 amide bonds. The number of amides is 1. The van der Waals surface area contributed by atoms with Crippen molar-refractivity contribution in [3.63, 3.8) is 0 Å². The van der Waals surface area contributed by atoms with Gasteiger partial charge in [0.15, 0.2) is 6.19 Å². The predicted molar refractivity (Wildman–Crippen MR) is 134 cm³/mol. The van der Waals surface area contributed by atoms with Crippen LogP contribution in [0.1, 0.15) is 29.5 Å². The second-order valence-electron chi connectivity index (χ2n) is 8.61. The maximum atomic E-state index is 13.6. The van der Waals surface area contributed by atoms with Crippen molar-refractivity contribution in [1.82, 2.24) is 15.5 Å². The molecule has 0 aromatic heterocycles. The summed E-state index contributed by atoms with van der Waals surface area (Å²) in [6, 6.07) is 25.8. The molecule has 0 unspecified atom stereocenters. The Hall–Kier alpha value is -4.18. The molecule has 0 atom stereocenters. The van der Waals surface area contributed by atoms with E-state index in [-0.39, 0.29) is 11.7 Å². The summed E-state index contributed by atoms with van der Waals surface area (Å²) in [4.78, 5) is 20.2. The number of nitrogens with one attached hydrogen (secondary N) is 2. The first-order chi connectivity index (χ1) is 17.1. The minimum atomic E-state index is -0.699. The molecule has 3 aromatic carbocycles. The second-order valence-corrected chi connectivity index (χ2v) is 8.61. The van der Waals surface area contributed by atoms with Crippen LogP contribution in [-0.2, 0) is 23.3 Å². The Morgan fingerprint density at radius 3 is 2.20 bits per heavy atom. The number of aliphatic imine (C=N–C) groups is 1. The highest BCUT2D eigenvalue weighted by atomic mass is 19.1. The minimum absolute atomic E-state index is 0.0521. The molecule has 178 valence electrons. The standard InChI is InChI=1S/C28H28FN5O/c29-25-13-11-23(12-14-25)19-31-26(35)28(24-9-5-2-6-10-24)15-17-34(18-16-28)27(33-21-30)32-20-22-7-3-1-4-8-22/h1-14H,15-20H2,(H,31,35)(H,32,33). The molecule has 1 aliphatic heterocycles. The Balaban J connectivity index is 1.50. The van der Waals surface area contributed by atoms with E-state index in [2.05, 4.69) is 15.6 Å². The molecule has 6 nitrogen and oxygen atoms in total. The smallest absolute Gasteiger partial charge is 0.231 e. The van der Waals surface area contributed by atoms with Crippen molar-refractivity contribution in [2.75, 3.05) is 13.1 Å². The van der Waals surface area contributed by atoms with Crippen molar-refractivity contribution < 1.29 is 9.18 Å². The number of nitrogens with zero attached hydrogens (tertiary/aromatic N) is 3. The van der Waals surface area contributed by atoms with Crippen LogP contribution >= 0.6 is 0 Å². The lowest BCUT2D eigenvalue weighted by Crippen LogP contribution is -2.54. The Morgan fingerprint density at radius 1 is 0.943 bits per heavy atom. The van der Waals surface area contributed by atoms with Crippen LogP contribution in [0.25, 0.3) is 0 Å². The molecule has 3 aromatic rings. The van der Waals surface area contributed by atoms with Crippen LogP contribution < -0.4 is 10.6 Å². The molecule has 7 heteroatoms. The zero-order chi connectivity index (χ0) is 24.5. The number of rotatable bonds is 6. The van der Waals surface area contributed by atoms with E-state index < -0.39 is 5.41 Å². The fraction of sp³-hybridized carbons (Fsp3) is 0.250. The third-order valence-corrected chi connectivity index (χ3v) is 6.47. The van der Waals surface area contributed by atoms with Crippen molar-refractivity contribution in [2.24, 2.45) is 4.99 Å². The Bertz CT molecular complexity index is 1180. The molecular formula is C28H28FN5O. The quantitative estimate of drug-likeness (QED) is 0.247. The van der Waals surface area contributed by atoms with Crippen molar-refractivity contribution in [3.05, 3.63) is 107 Å². The van der Waals surface area contributed by atoms with Gasteiger partial charge in [0.2, 0.25) is 11.9 Å². The first kappa shape index (κ1) is 24.0. The first-order valence-electron chi connectivity index (χ1n) is 11.7. The molecule has 4 rings (SSSR count). The van der Waals surface area contributed by atoms with Gasteiger partial charge in [-0.3, -0.25) is 10.1 Å². The van der Waals surface area contributed by atoms with Gasteiger partial charge in [-0.2, -0.15) is 5.26 Å². The fourth-order valence-corrected chi connectivity index (χ4v) is 4.48. The highest BCUT2D eigenvalue weighted by molar-refractivity contribution is 5.89. The van der Waals surface area contributed by atoms with E-state index in [1.807, 2.05) is 71.8 Å². The van der Waals surface area contributed by atoms with Gasteiger partial charge in [0.05, 0.1) is 12.0 Å². The number of guanidine groups is 1. The van der Waals surface area contributed by atoms with Gasteiger partial charge < -0.3 is 10.2 Å². The summed E-state index contributed by atoms with van der Waals surface area (Å²) < 4.78 is 13.2. The Labute approximate surface area is 205 Å². The molecule has 0 bridgehead atoms. The SMILES string of the molecule is N#CNC(=NCc1ccccc1)N1CCC(C(=O)NCc2ccc(F)cc2)(c2ccccc2)CC1. The number of halogens is 1. The first-order valence-corrected chi connectivity index (χ1v) is 11.7. The zero-order valence-corrected chi connectivity index (χ0v) is 19.5. The average molecular weight is 470 g/mol. The molecule has 1 fully saturated rings. The van der Waals surface area contributed by atoms with Gasteiger partial charge in [-0.05, 0) is 41.7 Å². The number of benzene rings is 3. The predicted octanol–water partition coefficient (Wildman–Crippen LogP) is 4.10. The molecular weight excluding hydrogens is 441 g/mol. The van der Waals surface area contributed by atoms with Gasteiger partial charge in [0.25, 0.3) is 0 Å². The summed E-state index contributed by atoms with van der Waals surface area (Å²) >= 11 is 0. The Kier molecular flexibility index (Phi) is 7.74. The van der Waals surface area contributed by atoms with Crippen LogP contribution in [0.3, 0.4) is 0 Å². The van der Waals surface area contributed by atoms with E-state index in [1.165, 1.54) is 12.1 Å². The number of piperidine rings is 1. The molecule has 0 aliphatic carbocycles. The van der Waals surface area contributed by atoms with Gasteiger partial charge >= 0.3 is 0 Å². The van der Waals surface area contributed by atoms with E-state index in [0.29, 0.717) is 45.0 Å². The minimum Gasteiger partial charge on any atom is -0.351 e. The highest BCUT2D eigenvalue weighted by Crippen LogP contribution is 2.36. The molecule has 1 saturated heterocycles. The van der Waals surface area contributed by atoms with Crippen molar-refractivity contribution in [1.29, 1.82) is 5.26 Å². The Morgan fingerprint density at radius 2 is 1.57 bits per heavy atom. The van der Waals surface area contributed by atoms with Crippen molar-refractivity contribution >= 4 is 11.9 Å². The monoisotopic (exact) mass is 469 g/mol. The van der Waals surface area contributed by atoms with Crippen molar-refractivity contribution in [3.8, 4) is 6.19 Å². The van der Waals surface area contributed by atoms with Gasteiger partial charge in [0, 0.05) is 19.6 Å². The molecule has 0 spiro atoms. The zero-order valence-electron chi connectivity index (χ0n) is 19.5. The average Bonchev–Trinajstić information content (AvgIpc) is 2.92. The number of carbonyl (C=O) groups is 1. The number of nitriles is 1. The van der Waals surface area contributed by atoms with Gasteiger partial charge in [-0.25, -0.2) is 9.38 Å². The lowest BCUT2D eigenvalue weighted by atomic mass is 9.72. The maximum Gasteiger partial charge on any atom is 0.231 e. The summed E-state index contributed by atoms with van der Waals surface area (Å²) in [5.41, 5.74) is 2.16. The summed E-state index contributed by atoms with van der Waals surface area (Å²) in [6.07, 6.45) is 3.14. The van der Waals surface area contributed by atoms with E-state index >= 15 is 0 Å². The van der Waals surface area contributed by atoms with E-state index in [0.717, 1.165) is 16.7 Å². The lowest BCUT2D eigenvalue weighted by Gasteiger charge is -2.41. The van der Waals surface area contributed by atoms with Gasteiger partial charge in [0.1, 0.15) is 5.82 Å². The number of carbonyl (C=O) groups excluding carboxylic acids is 1. The van der Waals surface area contributed by atoms with E-state index in [9.17, 15) is 14.4 Å². The van der Waals surface area contributed by atoms with Gasteiger partial charge in [-0.15, -0.1) is 0 Å². The number of hydrogen-bond donors (Lipinski definition) is 2. The highest BCUT2D eigenvalue weighted by Gasteiger charge is 2.43. The number of likely N-dealkylation sites (tertiary alicyclic amines) is 1. The van der Waals surface area contributed by atoms with Crippen molar-refractivity contribution in [2.45, 2.75) is 31.3 Å². The van der Waals surface area contributed by atoms with E-state index in [1.54, 1.807) is 12.1 Å². The third-order valence-electron chi connectivity index (χ3n) is 6.47. The largest absolute Gasteiger partial charge is 0.351 e. The molecule has 0 radical (unpaired) electrons. The summed E-state index contributed by atoms with van der Waals surface area (Å²) in [6.45, 7) is 1.93. The molecule has 0 saturated carbocycles. The van der Waals surface area contributed by atoms with Crippen LogP contribution in [0.2, 0.25) is 0 Å². The lowest BCUT2D eigenvalue weighted by molar-refractivity contribution is -0.128. The van der Waals surface area contributed by atoms with Crippen LogP contribution in [0.5, 0.6) is 0 Å². The van der Waals surface area contributed by atoms with E-state index in [4.69, 9.17) is 0 Å². The maximum absolute atomic E-state index is 13.6. The van der Waals surface area contributed by atoms with Crippen LogP contribution in [0.15, 0.2) is 89.9 Å². The third kappa shape index (κ3) is 5.85. The number of hydrogen-bond acceptors (Lipinski definition) is 3. The normalized spacial score (nSPS) is 15.2. The molecule has 1 heterocycles. The van der Waals surface area contributed by atoms with Crippen LogP contribution in [-0.4, -0.2) is 29.9 Å². The summed E-state index contributed by atoms with van der Waals surface area (Å²) in [5, 5.41) is 15.1. The van der Waals surface area contributed by atoms with Crippen LogP contribution in [0, 0.1) is 17.3 Å². The second kappa shape index (κ2) is 11.3. The fourth-order valence-electron chi connectivity index (χ4n) is 4.48. The molecule has 2 N–H and O–H groups in total. The topological polar surface area (TPSA) is 80.5 Å². The van der Waals surface area contributed by atoms with Gasteiger partial charge in [-0.1, -0.05) is 72.8 Å². The summed E-state index contributed by atoms with van der Waals surface area (Å²) in [7, 11) is 0. The van der Waals surface area contributed by atoms with Crippen LogP contribution in [0.4, 0.5) is 4.39 Å². The molecule has 35 heavy (non-hydrogen) atoms. The summed E-state index contributed by atoms with van der Waals surface area (Å²) in [5.74, 6) is 0.164. The molecule has 1 aliphatic rings.